The van der Waals surface area contributed by atoms with Gasteiger partial charge in [0.2, 0.25) is 0 Å². The van der Waals surface area contributed by atoms with Crippen LogP contribution in [0.3, 0.4) is 0 Å². The number of nitrogens with zero attached hydrogens (tertiary/aromatic N) is 1. The fourth-order valence-corrected chi connectivity index (χ4v) is 2.49. The lowest BCUT2D eigenvalue weighted by Crippen LogP contribution is -2.10. The highest BCUT2D eigenvalue weighted by molar-refractivity contribution is 7.99. The predicted octanol–water partition coefficient (Wildman–Crippen LogP) is 0.973. The molecule has 1 aromatic rings. The third-order valence-electron chi connectivity index (χ3n) is 2.07. The zero-order chi connectivity index (χ0) is 8.39. The van der Waals surface area contributed by atoms with Crippen molar-refractivity contribution in [3.8, 4) is 0 Å². The lowest BCUT2D eigenvalue weighted by molar-refractivity contribution is 0.375. The third-order valence-corrected chi connectivity index (χ3v) is 3.11. The van der Waals surface area contributed by atoms with Crippen LogP contribution >= 0.6 is 11.8 Å². The summed E-state index contributed by atoms with van der Waals surface area (Å²) in [6, 6.07) is 0. The van der Waals surface area contributed by atoms with Crippen LogP contribution in [-0.4, -0.2) is 21.6 Å². The molecule has 2 heterocycles. The molecule has 1 fully saturated rings. The molecule has 0 unspecified atom stereocenters. The molecule has 1 aromatic heterocycles. The van der Waals surface area contributed by atoms with Crippen molar-refractivity contribution in [2.45, 2.75) is 18.8 Å². The number of thioether (sulfide) groups is 1. The maximum atomic E-state index is 10.6. The Labute approximate surface area is 73.7 Å². The molecule has 12 heavy (non-hydrogen) atoms. The summed E-state index contributed by atoms with van der Waals surface area (Å²) in [5.74, 6) is 2.99. The van der Waals surface area contributed by atoms with Gasteiger partial charge in [0.25, 0.3) is 0 Å². The summed E-state index contributed by atoms with van der Waals surface area (Å²) in [6.07, 6.45) is 2.18. The van der Waals surface area contributed by atoms with E-state index in [9.17, 15) is 4.79 Å². The Kier molecular flexibility index (Phi) is 2.21. The van der Waals surface area contributed by atoms with Crippen molar-refractivity contribution in [3.63, 3.8) is 0 Å². The van der Waals surface area contributed by atoms with Crippen LogP contribution < -0.4 is 5.76 Å². The first-order valence-corrected chi connectivity index (χ1v) is 5.15. The average molecular weight is 186 g/mol. The predicted molar refractivity (Wildman–Crippen MR) is 46.4 cm³/mol. The topological polar surface area (TPSA) is 58.9 Å². The molecule has 1 aliphatic heterocycles. The molecule has 66 valence electrons. The molecular formula is C7H10N2O2S. The highest BCUT2D eigenvalue weighted by Crippen LogP contribution is 2.28. The van der Waals surface area contributed by atoms with Gasteiger partial charge in [-0.2, -0.15) is 11.8 Å². The fourth-order valence-electron chi connectivity index (χ4n) is 1.39. The molecule has 1 aliphatic rings. The van der Waals surface area contributed by atoms with Crippen LogP contribution in [0.2, 0.25) is 0 Å². The highest BCUT2D eigenvalue weighted by Gasteiger charge is 2.19. The van der Waals surface area contributed by atoms with Gasteiger partial charge in [-0.05, 0) is 24.3 Å². The Hall–Kier alpha value is -0.710. The van der Waals surface area contributed by atoms with Crippen LogP contribution in [0.25, 0.3) is 0 Å². The molecule has 0 amide bonds. The van der Waals surface area contributed by atoms with E-state index < -0.39 is 5.76 Å². The molecule has 0 aromatic carbocycles. The number of hydrogen-bond acceptors (Lipinski definition) is 4. The van der Waals surface area contributed by atoms with Crippen molar-refractivity contribution in [2.75, 3.05) is 11.5 Å². The van der Waals surface area contributed by atoms with Gasteiger partial charge in [0, 0.05) is 5.92 Å². The molecule has 0 saturated carbocycles. The first-order valence-electron chi connectivity index (χ1n) is 4.00. The van der Waals surface area contributed by atoms with Gasteiger partial charge in [-0.15, -0.1) is 0 Å². The fraction of sp³-hybridized carbons (Fsp3) is 0.714. The van der Waals surface area contributed by atoms with Crippen molar-refractivity contribution in [1.29, 1.82) is 0 Å². The maximum absolute atomic E-state index is 10.6. The summed E-state index contributed by atoms with van der Waals surface area (Å²) in [5, 5.41) is 3.69. The minimum absolute atomic E-state index is 0.401. The smallest absolute Gasteiger partial charge is 0.296 e. The molecule has 0 spiro atoms. The summed E-state index contributed by atoms with van der Waals surface area (Å²) in [6.45, 7) is 0. The number of aromatic nitrogens is 2. The molecule has 1 N–H and O–H groups in total. The zero-order valence-electron chi connectivity index (χ0n) is 6.58. The Balaban J connectivity index is 2.13. The molecule has 0 radical (unpaired) electrons. The van der Waals surface area contributed by atoms with Crippen molar-refractivity contribution >= 4 is 11.8 Å². The van der Waals surface area contributed by atoms with E-state index in [1.54, 1.807) is 0 Å². The van der Waals surface area contributed by atoms with E-state index in [4.69, 9.17) is 0 Å². The Morgan fingerprint density at radius 3 is 2.83 bits per heavy atom. The largest absolute Gasteiger partial charge is 0.438 e. The van der Waals surface area contributed by atoms with Crippen molar-refractivity contribution in [1.82, 2.24) is 10.1 Å². The van der Waals surface area contributed by atoms with Crippen LogP contribution in [-0.2, 0) is 0 Å². The number of hydrogen-bond donors (Lipinski definition) is 1. The van der Waals surface area contributed by atoms with Crippen molar-refractivity contribution in [3.05, 3.63) is 16.4 Å². The van der Waals surface area contributed by atoms with Gasteiger partial charge in [0.1, 0.15) is 0 Å². The highest BCUT2D eigenvalue weighted by atomic mass is 32.2. The van der Waals surface area contributed by atoms with Gasteiger partial charge in [0.05, 0.1) is 0 Å². The SMILES string of the molecule is O=c1[nH]c(C2CCSCC2)no1. The standard InChI is InChI=1S/C7H10N2O2S/c10-7-8-6(9-11-7)5-1-3-12-4-2-5/h5H,1-4H2,(H,8,9,10). The van der Waals surface area contributed by atoms with Crippen molar-refractivity contribution < 1.29 is 4.52 Å². The van der Waals surface area contributed by atoms with Crippen LogP contribution in [0.5, 0.6) is 0 Å². The van der Waals surface area contributed by atoms with Crippen LogP contribution in [0, 0.1) is 0 Å². The number of aromatic amines is 1. The first-order chi connectivity index (χ1) is 5.86. The quantitative estimate of drug-likeness (QED) is 0.710. The second-order valence-electron chi connectivity index (χ2n) is 2.87. The van der Waals surface area contributed by atoms with Gasteiger partial charge in [0.15, 0.2) is 5.82 Å². The second kappa shape index (κ2) is 3.35. The van der Waals surface area contributed by atoms with Gasteiger partial charge >= 0.3 is 5.76 Å². The monoisotopic (exact) mass is 186 g/mol. The lowest BCUT2D eigenvalue weighted by Gasteiger charge is -2.17. The van der Waals surface area contributed by atoms with Crippen LogP contribution in [0.1, 0.15) is 24.6 Å². The summed E-state index contributed by atoms with van der Waals surface area (Å²) in [4.78, 5) is 13.2. The second-order valence-corrected chi connectivity index (χ2v) is 4.09. The van der Waals surface area contributed by atoms with E-state index in [1.807, 2.05) is 11.8 Å². The number of H-pyrrole nitrogens is 1. The van der Waals surface area contributed by atoms with Gasteiger partial charge in [-0.1, -0.05) is 5.16 Å². The molecule has 0 atom stereocenters. The van der Waals surface area contributed by atoms with Crippen LogP contribution in [0.15, 0.2) is 9.32 Å². The van der Waals surface area contributed by atoms with E-state index in [1.165, 1.54) is 0 Å². The first kappa shape index (κ1) is 7.91. The third kappa shape index (κ3) is 1.55. The Morgan fingerprint density at radius 2 is 2.25 bits per heavy atom. The molecule has 0 aliphatic carbocycles. The maximum Gasteiger partial charge on any atom is 0.438 e. The number of rotatable bonds is 1. The van der Waals surface area contributed by atoms with Gasteiger partial charge in [-0.3, -0.25) is 9.51 Å². The lowest BCUT2D eigenvalue weighted by atomic mass is 10.0. The van der Waals surface area contributed by atoms with E-state index in [-0.39, 0.29) is 0 Å². The molecule has 4 nitrogen and oxygen atoms in total. The van der Waals surface area contributed by atoms with E-state index in [0.29, 0.717) is 5.92 Å². The molecule has 1 saturated heterocycles. The van der Waals surface area contributed by atoms with Gasteiger partial charge < -0.3 is 0 Å². The Morgan fingerprint density at radius 1 is 1.50 bits per heavy atom. The van der Waals surface area contributed by atoms with Crippen molar-refractivity contribution in [2.24, 2.45) is 0 Å². The molecule has 5 heteroatoms. The summed E-state index contributed by atoms with van der Waals surface area (Å²) >= 11 is 1.95. The summed E-state index contributed by atoms with van der Waals surface area (Å²) in [7, 11) is 0. The van der Waals surface area contributed by atoms with E-state index in [0.717, 1.165) is 30.2 Å². The zero-order valence-corrected chi connectivity index (χ0v) is 7.39. The number of nitrogens with one attached hydrogen (secondary N) is 1. The average Bonchev–Trinajstić information content (AvgIpc) is 2.54. The minimum Gasteiger partial charge on any atom is -0.296 e. The van der Waals surface area contributed by atoms with Gasteiger partial charge in [-0.25, -0.2) is 4.79 Å². The normalized spacial score (nSPS) is 19.7. The molecular weight excluding hydrogens is 176 g/mol. The molecule has 2 rings (SSSR count). The van der Waals surface area contributed by atoms with E-state index in [2.05, 4.69) is 14.7 Å². The summed E-state index contributed by atoms with van der Waals surface area (Å²) < 4.78 is 4.45. The summed E-state index contributed by atoms with van der Waals surface area (Å²) in [5.41, 5.74) is 0. The Bertz CT molecular complexity index is 300. The van der Waals surface area contributed by atoms with E-state index >= 15 is 0 Å². The molecule has 0 bridgehead atoms. The van der Waals surface area contributed by atoms with Crippen LogP contribution in [0.4, 0.5) is 0 Å². The minimum atomic E-state index is -0.441.